The van der Waals surface area contributed by atoms with E-state index in [1.807, 2.05) is 0 Å². The van der Waals surface area contributed by atoms with Crippen LogP contribution >= 0.6 is 0 Å². The Kier molecular flexibility index (Phi) is 17.4. The van der Waals surface area contributed by atoms with Crippen LogP contribution in [0.5, 0.6) is 0 Å². The summed E-state index contributed by atoms with van der Waals surface area (Å²) < 4.78 is 0. The van der Waals surface area contributed by atoms with Gasteiger partial charge < -0.3 is 30.6 Å². The Morgan fingerprint density at radius 2 is 0.722 bits per heavy atom. The minimum Gasteiger partial charge on any atom is -0.473 e. The summed E-state index contributed by atoms with van der Waals surface area (Å²) >= 11 is 0. The Balaban J connectivity index is -0.000000187. The van der Waals surface area contributed by atoms with Gasteiger partial charge in [-0.25, -0.2) is 19.2 Å². The van der Waals surface area contributed by atoms with Gasteiger partial charge in [-0.3, -0.25) is 0 Å². The summed E-state index contributed by atoms with van der Waals surface area (Å²) in [4.78, 5) is 36.4. The first-order valence-electron chi connectivity index (χ1n) is 4.34. The van der Waals surface area contributed by atoms with Gasteiger partial charge in [-0.2, -0.15) is 0 Å². The molecule has 0 fully saturated rings. The van der Waals surface area contributed by atoms with Crippen molar-refractivity contribution in [2.45, 2.75) is 12.8 Å². The molecule has 0 bridgehead atoms. The van der Waals surface area contributed by atoms with E-state index in [1.165, 1.54) is 0 Å². The van der Waals surface area contributed by atoms with Crippen molar-refractivity contribution in [2.75, 3.05) is 13.2 Å². The van der Waals surface area contributed by atoms with Crippen LogP contribution in [-0.2, 0) is 19.2 Å². The second kappa shape index (κ2) is 14.8. The fourth-order valence-corrected chi connectivity index (χ4v) is 0.224. The third kappa shape index (κ3) is 29.2. The second-order valence-electron chi connectivity index (χ2n) is 2.37. The molecule has 0 aliphatic carbocycles. The molecule has 0 atom stereocenters. The van der Waals surface area contributed by atoms with Crippen LogP contribution in [0.3, 0.4) is 0 Å². The summed E-state index contributed by atoms with van der Waals surface area (Å²) in [5.74, 6) is -7.30. The number of aliphatic hydroxyl groups is 2. The van der Waals surface area contributed by atoms with Crippen molar-refractivity contribution in [2.24, 2.45) is 0 Å². The number of hydrogen-bond donors (Lipinski definition) is 6. The van der Waals surface area contributed by atoms with Crippen molar-refractivity contribution in [1.82, 2.24) is 0 Å². The quantitative estimate of drug-likeness (QED) is 0.248. The minimum absolute atomic E-state index is 0.195. The van der Waals surface area contributed by atoms with Crippen LogP contribution in [0.1, 0.15) is 12.8 Å². The fraction of sp³-hybridized carbons (Fsp3) is 0.500. The van der Waals surface area contributed by atoms with Crippen LogP contribution in [0.25, 0.3) is 0 Å². The molecular formula is C8H14O10. The number of hydrogen-bond acceptors (Lipinski definition) is 6. The van der Waals surface area contributed by atoms with Crippen molar-refractivity contribution < 1.29 is 49.8 Å². The summed E-state index contributed by atoms with van der Waals surface area (Å²) in [6.45, 7) is 0.390. The molecule has 106 valence electrons. The Morgan fingerprint density at radius 1 is 0.556 bits per heavy atom. The molecule has 0 rings (SSSR count). The molecule has 0 saturated heterocycles. The molecule has 0 aromatic heterocycles. The van der Waals surface area contributed by atoms with E-state index in [4.69, 9.17) is 49.8 Å². The SMILES string of the molecule is O=C(O)C(=O)O.O=C(O)C(=O)O.OCCCCO. The molecule has 0 aromatic carbocycles. The number of carboxylic acids is 4. The number of aliphatic carboxylic acids is 4. The number of carbonyl (C=O) groups is 4. The number of unbranched alkanes of at least 4 members (excludes halogenated alkanes) is 1. The standard InChI is InChI=1S/C4H10O2.2C2H2O4/c5-3-1-2-4-6;2*3-1(4)2(5)6/h5-6H,1-4H2;2*(H,3,4)(H,5,6). The third-order valence-electron chi connectivity index (χ3n) is 0.932. The first-order valence-corrected chi connectivity index (χ1v) is 4.34. The van der Waals surface area contributed by atoms with E-state index in [9.17, 15) is 0 Å². The van der Waals surface area contributed by atoms with E-state index in [0.29, 0.717) is 0 Å². The van der Waals surface area contributed by atoms with Gasteiger partial charge in [0.2, 0.25) is 0 Å². The zero-order valence-corrected chi connectivity index (χ0v) is 9.14. The highest BCUT2D eigenvalue weighted by atomic mass is 16.4. The van der Waals surface area contributed by atoms with Crippen molar-refractivity contribution >= 4 is 23.9 Å². The Bertz CT molecular complexity index is 219. The van der Waals surface area contributed by atoms with E-state index in [1.54, 1.807) is 0 Å². The molecule has 18 heavy (non-hydrogen) atoms. The first-order chi connectivity index (χ1) is 8.20. The summed E-state index contributed by atoms with van der Waals surface area (Å²) in [6.07, 6.45) is 1.44. The average molecular weight is 270 g/mol. The highest BCUT2D eigenvalue weighted by molar-refractivity contribution is 6.27. The maximum absolute atomic E-state index is 9.10. The van der Waals surface area contributed by atoms with E-state index < -0.39 is 23.9 Å². The van der Waals surface area contributed by atoms with Gasteiger partial charge in [0.15, 0.2) is 0 Å². The monoisotopic (exact) mass is 270 g/mol. The van der Waals surface area contributed by atoms with Crippen molar-refractivity contribution in [3.63, 3.8) is 0 Å². The molecule has 0 saturated carbocycles. The highest BCUT2D eigenvalue weighted by Crippen LogP contribution is 1.80. The molecule has 0 aromatic rings. The molecule has 0 aliphatic heterocycles. The number of rotatable bonds is 3. The largest absolute Gasteiger partial charge is 0.473 e. The van der Waals surface area contributed by atoms with Gasteiger partial charge in [-0.15, -0.1) is 0 Å². The summed E-state index contributed by atoms with van der Waals surface area (Å²) in [7, 11) is 0. The average Bonchev–Trinajstić information content (AvgIpc) is 2.27. The lowest BCUT2D eigenvalue weighted by molar-refractivity contribution is -0.159. The van der Waals surface area contributed by atoms with Gasteiger partial charge in [0.05, 0.1) is 0 Å². The summed E-state index contributed by atoms with van der Waals surface area (Å²) in [5.41, 5.74) is 0. The molecule has 10 nitrogen and oxygen atoms in total. The Morgan fingerprint density at radius 3 is 0.778 bits per heavy atom. The predicted molar refractivity (Wildman–Crippen MR) is 53.9 cm³/mol. The van der Waals surface area contributed by atoms with E-state index in [2.05, 4.69) is 0 Å². The summed E-state index contributed by atoms with van der Waals surface area (Å²) in [6, 6.07) is 0. The number of aliphatic hydroxyl groups excluding tert-OH is 2. The zero-order valence-electron chi connectivity index (χ0n) is 9.14. The molecule has 0 spiro atoms. The van der Waals surface area contributed by atoms with Gasteiger partial charge >= 0.3 is 23.9 Å². The van der Waals surface area contributed by atoms with Crippen LogP contribution in [0.15, 0.2) is 0 Å². The predicted octanol–water partition coefficient (Wildman–Crippen LogP) is -1.94. The lowest BCUT2D eigenvalue weighted by Gasteiger charge is -1.85. The topological polar surface area (TPSA) is 190 Å². The Labute approximate surface area is 101 Å². The van der Waals surface area contributed by atoms with Crippen LogP contribution < -0.4 is 0 Å². The van der Waals surface area contributed by atoms with Gasteiger partial charge in [-0.1, -0.05) is 0 Å². The van der Waals surface area contributed by atoms with E-state index in [-0.39, 0.29) is 13.2 Å². The summed E-state index contributed by atoms with van der Waals surface area (Å²) in [5, 5.41) is 45.7. The van der Waals surface area contributed by atoms with E-state index in [0.717, 1.165) is 12.8 Å². The molecule has 6 N–H and O–H groups in total. The van der Waals surface area contributed by atoms with Gasteiger partial charge in [0, 0.05) is 13.2 Å². The van der Waals surface area contributed by atoms with Crippen molar-refractivity contribution in [3.05, 3.63) is 0 Å². The van der Waals surface area contributed by atoms with E-state index >= 15 is 0 Å². The maximum Gasteiger partial charge on any atom is 0.414 e. The van der Waals surface area contributed by atoms with Gasteiger partial charge in [-0.05, 0) is 12.8 Å². The van der Waals surface area contributed by atoms with Crippen molar-refractivity contribution in [1.29, 1.82) is 0 Å². The molecule has 10 heteroatoms. The van der Waals surface area contributed by atoms with Crippen LogP contribution in [0.2, 0.25) is 0 Å². The minimum atomic E-state index is -1.82. The Hall–Kier alpha value is -2.20. The molecular weight excluding hydrogens is 256 g/mol. The molecule has 0 unspecified atom stereocenters. The van der Waals surface area contributed by atoms with Gasteiger partial charge in [0.1, 0.15) is 0 Å². The lowest BCUT2D eigenvalue weighted by atomic mass is 10.3. The lowest BCUT2D eigenvalue weighted by Crippen LogP contribution is -2.09. The molecule has 0 aliphatic rings. The highest BCUT2D eigenvalue weighted by Gasteiger charge is 2.04. The van der Waals surface area contributed by atoms with Gasteiger partial charge in [0.25, 0.3) is 0 Å². The molecule has 0 amide bonds. The van der Waals surface area contributed by atoms with Crippen LogP contribution in [0, 0.1) is 0 Å². The third-order valence-corrected chi connectivity index (χ3v) is 0.932. The molecule has 0 radical (unpaired) electrons. The van der Waals surface area contributed by atoms with Crippen molar-refractivity contribution in [3.8, 4) is 0 Å². The van der Waals surface area contributed by atoms with Crippen LogP contribution in [-0.4, -0.2) is 67.7 Å². The van der Waals surface area contributed by atoms with Crippen LogP contribution in [0.4, 0.5) is 0 Å². The maximum atomic E-state index is 9.10. The normalized spacial score (nSPS) is 7.89. The second-order valence-corrected chi connectivity index (χ2v) is 2.37. The zero-order chi connectivity index (χ0) is 15.1. The first kappa shape index (κ1) is 21.1. The smallest absolute Gasteiger partial charge is 0.414 e. The fourth-order valence-electron chi connectivity index (χ4n) is 0.224. The number of carboxylic acid groups (broad SMARTS) is 4. The molecule has 0 heterocycles.